The summed E-state index contributed by atoms with van der Waals surface area (Å²) in [7, 11) is -6.19. The number of nitrogens with zero attached hydrogens (tertiary/aromatic N) is 2. The highest BCUT2D eigenvalue weighted by atomic mass is 35.5. The minimum atomic E-state index is -4.09. The van der Waals surface area contributed by atoms with Gasteiger partial charge in [0.15, 0.2) is 0 Å². The third-order valence-electron chi connectivity index (χ3n) is 5.31. The van der Waals surface area contributed by atoms with E-state index in [1.54, 1.807) is 55.5 Å². The molecule has 11 heteroatoms. The molecule has 1 N–H and O–H groups in total. The lowest BCUT2D eigenvalue weighted by molar-refractivity contribution is -0.114. The zero-order valence-corrected chi connectivity index (χ0v) is 22.1. The number of anilines is 3. The van der Waals surface area contributed by atoms with Crippen molar-refractivity contribution in [2.75, 3.05) is 33.8 Å². The van der Waals surface area contributed by atoms with Gasteiger partial charge in [-0.1, -0.05) is 35.4 Å². The molecule has 0 aromatic heterocycles. The Bertz CT molecular complexity index is 1460. The molecule has 0 bridgehead atoms. The van der Waals surface area contributed by atoms with Crippen molar-refractivity contribution in [3.63, 3.8) is 0 Å². The highest BCUT2D eigenvalue weighted by Crippen LogP contribution is 2.29. The minimum absolute atomic E-state index is 0.0435. The number of nitrogens with one attached hydrogen (secondary N) is 1. The highest BCUT2D eigenvalue weighted by molar-refractivity contribution is 7.93. The normalized spacial score (nSPS) is 11.7. The molecular weight excluding hydrogens is 510 g/mol. The summed E-state index contributed by atoms with van der Waals surface area (Å²) >= 11 is 6.06. The summed E-state index contributed by atoms with van der Waals surface area (Å²) in [5.74, 6) is -0.603. The van der Waals surface area contributed by atoms with E-state index in [4.69, 9.17) is 11.6 Å². The maximum Gasteiger partial charge on any atom is 0.264 e. The second-order valence-corrected chi connectivity index (χ2v) is 12.4. The molecule has 0 aliphatic heterocycles. The van der Waals surface area contributed by atoms with Crippen molar-refractivity contribution in [1.82, 2.24) is 0 Å². The molecule has 0 aliphatic rings. The van der Waals surface area contributed by atoms with Gasteiger partial charge in [-0.3, -0.25) is 13.4 Å². The number of hydrogen-bond acceptors (Lipinski definition) is 5. The SMILES string of the molecule is Cc1ccc(S(=O)(=O)N(CC(=O)Nc2cccc(N(C)S(C)(=O)=O)c2)c2ccc(Cl)cc2C)cc1. The van der Waals surface area contributed by atoms with E-state index in [0.717, 1.165) is 20.4 Å². The van der Waals surface area contributed by atoms with Crippen molar-refractivity contribution in [3.8, 4) is 0 Å². The predicted molar refractivity (Wildman–Crippen MR) is 140 cm³/mol. The number of benzene rings is 3. The minimum Gasteiger partial charge on any atom is -0.324 e. The van der Waals surface area contributed by atoms with Gasteiger partial charge in [-0.2, -0.15) is 0 Å². The van der Waals surface area contributed by atoms with Gasteiger partial charge in [-0.25, -0.2) is 16.8 Å². The molecule has 0 aliphatic carbocycles. The number of carbonyl (C=O) groups excluding carboxylic acids is 1. The molecule has 0 saturated heterocycles. The maximum absolute atomic E-state index is 13.6. The summed E-state index contributed by atoms with van der Waals surface area (Å²) in [5, 5.41) is 3.10. The van der Waals surface area contributed by atoms with E-state index >= 15 is 0 Å². The second kappa shape index (κ2) is 10.3. The van der Waals surface area contributed by atoms with Gasteiger partial charge in [-0.15, -0.1) is 0 Å². The lowest BCUT2D eigenvalue weighted by Gasteiger charge is -2.26. The quantitative estimate of drug-likeness (QED) is 0.466. The fraction of sp³-hybridized carbons (Fsp3) is 0.208. The van der Waals surface area contributed by atoms with Crippen molar-refractivity contribution in [1.29, 1.82) is 0 Å². The first-order valence-electron chi connectivity index (χ1n) is 10.5. The van der Waals surface area contributed by atoms with Crippen LogP contribution in [-0.4, -0.2) is 42.6 Å². The number of halogens is 1. The Labute approximate surface area is 211 Å². The van der Waals surface area contributed by atoms with Gasteiger partial charge in [0.2, 0.25) is 15.9 Å². The van der Waals surface area contributed by atoms with Crippen LogP contribution in [0.4, 0.5) is 17.1 Å². The zero-order chi connectivity index (χ0) is 26.0. The predicted octanol–water partition coefficient (Wildman–Crippen LogP) is 4.19. The molecule has 3 rings (SSSR count). The molecule has 0 spiro atoms. The van der Waals surface area contributed by atoms with Crippen molar-refractivity contribution in [3.05, 3.63) is 82.9 Å². The Morgan fingerprint density at radius 3 is 2.20 bits per heavy atom. The molecule has 8 nitrogen and oxygen atoms in total. The summed E-state index contributed by atoms with van der Waals surface area (Å²) in [6.45, 7) is 3.05. The van der Waals surface area contributed by atoms with Crippen LogP contribution >= 0.6 is 11.6 Å². The topological polar surface area (TPSA) is 104 Å². The standard InChI is InChI=1S/C24H26ClN3O5S2/c1-17-8-11-22(12-9-17)35(32,33)28(23-13-10-19(25)14-18(23)2)16-24(29)26-20-6-5-7-21(15-20)27(3)34(4,30)31/h5-15H,16H2,1-4H3,(H,26,29). The Morgan fingerprint density at radius 1 is 0.943 bits per heavy atom. The number of hydrogen-bond donors (Lipinski definition) is 1. The number of amides is 1. The van der Waals surface area contributed by atoms with Gasteiger partial charge in [0, 0.05) is 17.8 Å². The second-order valence-electron chi connectivity index (χ2n) is 8.08. The first kappa shape index (κ1) is 26.5. The number of rotatable bonds is 8. The van der Waals surface area contributed by atoms with Crippen LogP contribution in [0.5, 0.6) is 0 Å². The summed E-state index contributed by atoms with van der Waals surface area (Å²) in [5.41, 5.74) is 2.47. The smallest absolute Gasteiger partial charge is 0.264 e. The van der Waals surface area contributed by atoms with Crippen LogP contribution in [0.2, 0.25) is 5.02 Å². The molecule has 0 radical (unpaired) electrons. The maximum atomic E-state index is 13.6. The monoisotopic (exact) mass is 535 g/mol. The van der Waals surface area contributed by atoms with Crippen LogP contribution in [0, 0.1) is 13.8 Å². The van der Waals surface area contributed by atoms with E-state index in [2.05, 4.69) is 5.32 Å². The van der Waals surface area contributed by atoms with Gasteiger partial charge < -0.3 is 5.32 Å². The van der Waals surface area contributed by atoms with E-state index in [1.807, 2.05) is 6.92 Å². The van der Waals surface area contributed by atoms with Crippen LogP contribution in [0.25, 0.3) is 0 Å². The van der Waals surface area contributed by atoms with Crippen LogP contribution in [-0.2, 0) is 24.8 Å². The van der Waals surface area contributed by atoms with Crippen molar-refractivity contribution in [2.45, 2.75) is 18.7 Å². The number of aryl methyl sites for hydroxylation is 2. The van der Waals surface area contributed by atoms with Crippen LogP contribution in [0.15, 0.2) is 71.6 Å². The fourth-order valence-corrected chi connectivity index (χ4v) is 5.55. The number of sulfonamides is 2. The molecule has 0 fully saturated rings. The van der Waals surface area contributed by atoms with Gasteiger partial charge in [0.05, 0.1) is 22.5 Å². The van der Waals surface area contributed by atoms with Gasteiger partial charge >= 0.3 is 0 Å². The first-order chi connectivity index (χ1) is 16.3. The van der Waals surface area contributed by atoms with Crippen molar-refractivity contribution < 1.29 is 21.6 Å². The Balaban J connectivity index is 1.95. The Hall–Kier alpha value is -3.08. The van der Waals surface area contributed by atoms with E-state index in [1.165, 1.54) is 25.2 Å². The van der Waals surface area contributed by atoms with E-state index < -0.39 is 32.5 Å². The van der Waals surface area contributed by atoms with E-state index in [9.17, 15) is 21.6 Å². The van der Waals surface area contributed by atoms with Gasteiger partial charge in [0.1, 0.15) is 6.54 Å². The fourth-order valence-electron chi connectivity index (χ4n) is 3.34. The van der Waals surface area contributed by atoms with Crippen molar-refractivity contribution in [2.24, 2.45) is 0 Å². The Kier molecular flexibility index (Phi) is 7.78. The first-order valence-corrected chi connectivity index (χ1v) is 14.1. The van der Waals surface area contributed by atoms with Crippen LogP contribution in [0.3, 0.4) is 0 Å². The molecular formula is C24H26ClN3O5S2. The molecule has 35 heavy (non-hydrogen) atoms. The average Bonchev–Trinajstić information content (AvgIpc) is 2.77. The van der Waals surface area contributed by atoms with Gasteiger partial charge in [-0.05, 0) is 67.9 Å². The molecule has 3 aromatic carbocycles. The molecule has 0 heterocycles. The van der Waals surface area contributed by atoms with E-state index in [0.29, 0.717) is 27.6 Å². The summed E-state index contributed by atoms with van der Waals surface area (Å²) in [4.78, 5) is 13.1. The molecule has 0 saturated carbocycles. The molecule has 0 atom stereocenters. The third kappa shape index (κ3) is 6.33. The Morgan fingerprint density at radius 2 is 1.60 bits per heavy atom. The largest absolute Gasteiger partial charge is 0.324 e. The highest BCUT2D eigenvalue weighted by Gasteiger charge is 2.28. The lowest BCUT2D eigenvalue weighted by Crippen LogP contribution is -2.38. The summed E-state index contributed by atoms with van der Waals surface area (Å²) in [6.07, 6.45) is 1.07. The zero-order valence-electron chi connectivity index (χ0n) is 19.7. The van der Waals surface area contributed by atoms with E-state index in [-0.39, 0.29) is 4.90 Å². The van der Waals surface area contributed by atoms with Crippen LogP contribution < -0.4 is 13.9 Å². The molecule has 3 aromatic rings. The average molecular weight is 536 g/mol. The molecule has 1 amide bonds. The summed E-state index contributed by atoms with van der Waals surface area (Å²) in [6, 6.07) is 17.3. The van der Waals surface area contributed by atoms with Crippen LogP contribution in [0.1, 0.15) is 11.1 Å². The van der Waals surface area contributed by atoms with Crippen molar-refractivity contribution >= 4 is 54.6 Å². The third-order valence-corrected chi connectivity index (χ3v) is 8.53. The molecule has 186 valence electrons. The lowest BCUT2D eigenvalue weighted by atomic mass is 10.2. The molecule has 0 unspecified atom stereocenters. The van der Waals surface area contributed by atoms with Gasteiger partial charge in [0.25, 0.3) is 10.0 Å². The number of carbonyl (C=O) groups is 1. The summed E-state index contributed by atoms with van der Waals surface area (Å²) < 4.78 is 52.9.